The second-order valence-electron chi connectivity index (χ2n) is 21.8. The van der Waals surface area contributed by atoms with Gasteiger partial charge < -0.3 is 68.7 Å². The Hall–Kier alpha value is -5.71. The Balaban J connectivity index is 1.77. The van der Waals surface area contributed by atoms with Crippen LogP contribution in [0.3, 0.4) is 0 Å². The van der Waals surface area contributed by atoms with E-state index in [-0.39, 0.29) is 89.4 Å². The molecule has 1 aromatic carbocycles. The van der Waals surface area contributed by atoms with Gasteiger partial charge in [-0.25, -0.2) is 0 Å². The van der Waals surface area contributed by atoms with Gasteiger partial charge in [0.1, 0.15) is 48.3 Å². The van der Waals surface area contributed by atoms with Crippen molar-refractivity contribution in [3.8, 4) is 0 Å². The number of amides is 9. The molecule has 1 aromatic rings. The zero-order valence-electron chi connectivity index (χ0n) is 45.3. The summed E-state index contributed by atoms with van der Waals surface area (Å²) in [5.41, 5.74) is 12.4. The molecule has 3 heterocycles. The van der Waals surface area contributed by atoms with Crippen LogP contribution in [0.5, 0.6) is 0 Å². The van der Waals surface area contributed by atoms with Crippen molar-refractivity contribution in [3.05, 3.63) is 35.9 Å². The number of fused-ring (bicyclic) bond motifs is 3. The molecule has 11 atom stereocenters. The Bertz CT molecular complexity index is 2090. The van der Waals surface area contributed by atoms with E-state index in [0.717, 1.165) is 0 Å². The quantitative estimate of drug-likeness (QED) is 0.113. The van der Waals surface area contributed by atoms with E-state index in [1.165, 1.54) is 4.90 Å². The molecule has 75 heavy (non-hydrogen) atoms. The van der Waals surface area contributed by atoms with Crippen LogP contribution in [-0.2, 0) is 54.3 Å². The fraction of sp³-hybridized carbons (Fsp3) is 0.717. The molecule has 3 fully saturated rings. The fourth-order valence-corrected chi connectivity index (χ4v) is 9.63. The van der Waals surface area contributed by atoms with E-state index < -0.39 is 132 Å². The number of aliphatic hydroxyl groups excluding tert-OH is 1. The smallest absolute Gasteiger partial charge is 0.252 e. The van der Waals surface area contributed by atoms with E-state index in [9.17, 15) is 48.3 Å². The van der Waals surface area contributed by atoms with E-state index >= 15 is 0 Å². The summed E-state index contributed by atoms with van der Waals surface area (Å²) in [4.78, 5) is 130. The lowest BCUT2D eigenvalue weighted by Gasteiger charge is -2.35. The molecule has 2 bridgehead atoms. The van der Waals surface area contributed by atoms with Crippen LogP contribution >= 0.6 is 0 Å². The lowest BCUT2D eigenvalue weighted by molar-refractivity contribution is -0.159. The number of ether oxygens (including phenoxy) is 1. The Labute approximate surface area is 442 Å². The number of nitrogens with one attached hydrogen (secondary N) is 8. The Morgan fingerprint density at radius 1 is 0.573 bits per heavy atom. The molecule has 420 valence electrons. The van der Waals surface area contributed by atoms with Crippen LogP contribution < -0.4 is 54.0 Å². The van der Waals surface area contributed by atoms with Gasteiger partial charge in [-0.2, -0.15) is 0 Å². The molecule has 9 amide bonds. The van der Waals surface area contributed by atoms with Gasteiger partial charge in [0.05, 0.1) is 12.2 Å². The van der Waals surface area contributed by atoms with Crippen molar-refractivity contribution in [2.24, 2.45) is 35.1 Å². The summed E-state index contributed by atoms with van der Waals surface area (Å²) in [6.07, 6.45) is -1.15. The van der Waals surface area contributed by atoms with Crippen molar-refractivity contribution in [1.82, 2.24) is 47.4 Å². The first-order chi connectivity index (χ1) is 35.5. The first kappa shape index (κ1) is 61.8. The maximum Gasteiger partial charge on any atom is 0.252 e. The summed E-state index contributed by atoms with van der Waals surface area (Å²) in [7, 11) is 0. The minimum Gasteiger partial charge on any atom is -0.390 e. The highest BCUT2D eigenvalue weighted by Crippen LogP contribution is 2.23. The highest BCUT2D eigenvalue weighted by Gasteiger charge is 2.42. The summed E-state index contributed by atoms with van der Waals surface area (Å²) >= 11 is 0. The van der Waals surface area contributed by atoms with Crippen molar-refractivity contribution in [2.75, 3.05) is 26.2 Å². The van der Waals surface area contributed by atoms with Crippen molar-refractivity contribution in [2.45, 2.75) is 193 Å². The molecule has 4 rings (SSSR count). The molecule has 22 heteroatoms. The molecule has 3 saturated heterocycles. The van der Waals surface area contributed by atoms with Gasteiger partial charge in [0.25, 0.3) is 5.91 Å². The first-order valence-electron chi connectivity index (χ1n) is 27.0. The highest BCUT2D eigenvalue weighted by atomic mass is 16.5. The zero-order valence-corrected chi connectivity index (χ0v) is 45.3. The third-order valence-electron chi connectivity index (χ3n) is 13.8. The molecule has 0 saturated carbocycles. The van der Waals surface area contributed by atoms with E-state index in [0.29, 0.717) is 24.8 Å². The number of rotatable bonds is 14. The topological polar surface area (TPSA) is 335 Å². The molecule has 3 aliphatic rings. The summed E-state index contributed by atoms with van der Waals surface area (Å²) in [6, 6.07) is -0.243. The second kappa shape index (κ2) is 30.1. The molecule has 22 nitrogen and oxygen atoms in total. The van der Waals surface area contributed by atoms with E-state index in [1.54, 1.807) is 52.0 Å². The maximum atomic E-state index is 14.8. The average molecular weight is 1050 g/mol. The summed E-state index contributed by atoms with van der Waals surface area (Å²) in [5, 5.41) is 33.4. The maximum absolute atomic E-state index is 14.8. The summed E-state index contributed by atoms with van der Waals surface area (Å²) in [5.74, 6) is -7.12. The largest absolute Gasteiger partial charge is 0.390 e. The van der Waals surface area contributed by atoms with Crippen molar-refractivity contribution in [1.29, 1.82) is 0 Å². The number of nitrogens with two attached hydrogens (primary N) is 2. The number of carbonyl (C=O) groups excluding carboxylic acids is 9. The van der Waals surface area contributed by atoms with Crippen LogP contribution in [0.2, 0.25) is 0 Å². The minimum atomic E-state index is -1.44. The third kappa shape index (κ3) is 18.8. The second-order valence-corrected chi connectivity index (χ2v) is 21.8. The molecular formula is C53H87N11O11. The van der Waals surface area contributed by atoms with Crippen LogP contribution in [0.1, 0.15) is 125 Å². The van der Waals surface area contributed by atoms with Crippen molar-refractivity contribution in [3.63, 3.8) is 0 Å². The predicted molar refractivity (Wildman–Crippen MR) is 280 cm³/mol. The van der Waals surface area contributed by atoms with Crippen LogP contribution in [0.25, 0.3) is 0 Å². The third-order valence-corrected chi connectivity index (χ3v) is 13.8. The van der Waals surface area contributed by atoms with E-state index in [4.69, 9.17) is 16.2 Å². The SMILES string of the molecule is CC(C)C[C@@H]1NC(=O)[C@H](CCCN)NC(=O)[C@H](C(C)C)NC(=O)[C@@H]2CCCN2C(=O)[C@H](Cc2ccccc2)NC(=O)[C@H](CC(C)C)NC(=O)[C@H](CCCN)NC(=O)[C@H](C(C)C)NC(=O)[C@H]2O[C@H](CC[C@@H]2O)CNC1=O. The molecule has 0 spiro atoms. The molecule has 0 radical (unpaired) electrons. The lowest BCUT2D eigenvalue weighted by Crippen LogP contribution is -2.61. The highest BCUT2D eigenvalue weighted by molar-refractivity contribution is 5.98. The molecular weight excluding hydrogens is 967 g/mol. The van der Waals surface area contributed by atoms with Gasteiger partial charge in [-0.05, 0) is 107 Å². The molecule has 0 aromatic heterocycles. The average Bonchev–Trinajstić information content (AvgIpc) is 3.86. The van der Waals surface area contributed by atoms with Gasteiger partial charge in [-0.1, -0.05) is 85.7 Å². The van der Waals surface area contributed by atoms with Crippen molar-refractivity contribution >= 4 is 53.2 Å². The normalized spacial score (nSPS) is 28.9. The minimum absolute atomic E-state index is 0.0304. The number of hydrogen-bond acceptors (Lipinski definition) is 13. The number of benzene rings is 1. The summed E-state index contributed by atoms with van der Waals surface area (Å²) in [6.45, 7) is 14.8. The van der Waals surface area contributed by atoms with Gasteiger partial charge >= 0.3 is 0 Å². The van der Waals surface area contributed by atoms with Gasteiger partial charge in [0.15, 0.2) is 6.10 Å². The predicted octanol–water partition coefficient (Wildman–Crippen LogP) is -0.466. The zero-order chi connectivity index (χ0) is 55.5. The molecule has 0 unspecified atom stereocenters. The number of aliphatic hydroxyl groups is 1. The number of carbonyl (C=O) groups is 9. The van der Waals surface area contributed by atoms with Gasteiger partial charge in [-0.15, -0.1) is 0 Å². The first-order valence-corrected chi connectivity index (χ1v) is 27.0. The Morgan fingerprint density at radius 2 is 1.05 bits per heavy atom. The monoisotopic (exact) mass is 1050 g/mol. The standard InChI is InChI=1S/C53H87N11O11/c1-29(2)25-37-45(66)56-28-34-20-21-41(65)44(75-34)52(73)63-43(32(7)8)51(72)58-36(18-13-23-55)47(68)60-38(26-30(3)4)48(69)61-39(27-33-15-10-9-11-16-33)53(74)64-24-14-19-40(64)49(70)62-42(31(5)6)50(71)57-35(17-12-22-54)46(67)59-37/h9-11,15-16,29-32,34-44,65H,12-14,17-28,54-55H2,1-8H3,(H,56,66)(H,57,71)(H,58,72)(H,59,67)(H,60,68)(H,61,69)(H,62,70)(H,63,73)/t34-,35+,36+,37+,38+,39+,40+,41+,42+,43+,44+/m1/s1. The van der Waals surface area contributed by atoms with E-state index in [1.807, 2.05) is 33.8 Å². The summed E-state index contributed by atoms with van der Waals surface area (Å²) < 4.78 is 6.06. The Morgan fingerprint density at radius 3 is 1.56 bits per heavy atom. The molecule has 3 aliphatic heterocycles. The number of hydrogen-bond donors (Lipinski definition) is 11. The fourth-order valence-electron chi connectivity index (χ4n) is 9.63. The van der Waals surface area contributed by atoms with Gasteiger partial charge in [0, 0.05) is 19.5 Å². The van der Waals surface area contributed by atoms with Crippen LogP contribution in [-0.4, -0.2) is 156 Å². The van der Waals surface area contributed by atoms with Crippen LogP contribution in [0, 0.1) is 23.7 Å². The van der Waals surface area contributed by atoms with Gasteiger partial charge in [0.2, 0.25) is 47.3 Å². The Kier molecular flexibility index (Phi) is 24.8. The molecule has 13 N–H and O–H groups in total. The lowest BCUT2D eigenvalue weighted by atomic mass is 9.97. The molecule has 0 aliphatic carbocycles. The van der Waals surface area contributed by atoms with Crippen molar-refractivity contribution < 1.29 is 53.0 Å². The van der Waals surface area contributed by atoms with Crippen LogP contribution in [0.15, 0.2) is 30.3 Å². The number of nitrogens with zero attached hydrogens (tertiary/aromatic N) is 1. The van der Waals surface area contributed by atoms with E-state index in [2.05, 4.69) is 42.5 Å². The van der Waals surface area contributed by atoms with Crippen LogP contribution in [0.4, 0.5) is 0 Å². The van der Waals surface area contributed by atoms with Gasteiger partial charge in [-0.3, -0.25) is 43.2 Å².